The van der Waals surface area contributed by atoms with Crippen LogP contribution < -0.4 is 20.5 Å². The SMILES string of the molecule is COc1ccc(OC)c(NC(=O)CN)c1.Cl. The van der Waals surface area contributed by atoms with Crippen LogP contribution in [0.25, 0.3) is 0 Å². The van der Waals surface area contributed by atoms with Crippen LogP contribution in [0.2, 0.25) is 0 Å². The van der Waals surface area contributed by atoms with E-state index in [4.69, 9.17) is 15.2 Å². The number of hydrogen-bond acceptors (Lipinski definition) is 4. The lowest BCUT2D eigenvalue weighted by atomic mass is 10.2. The Balaban J connectivity index is 0.00000225. The molecule has 16 heavy (non-hydrogen) atoms. The minimum atomic E-state index is -0.276. The maximum atomic E-state index is 11.1. The second-order valence-electron chi connectivity index (χ2n) is 2.82. The monoisotopic (exact) mass is 246 g/mol. The van der Waals surface area contributed by atoms with Crippen LogP contribution >= 0.6 is 12.4 Å². The highest BCUT2D eigenvalue weighted by Crippen LogP contribution is 2.28. The van der Waals surface area contributed by atoms with Crippen LogP contribution in [0.3, 0.4) is 0 Å². The number of nitrogens with one attached hydrogen (secondary N) is 1. The summed E-state index contributed by atoms with van der Waals surface area (Å²) in [6, 6.07) is 5.13. The average molecular weight is 247 g/mol. The van der Waals surface area contributed by atoms with E-state index in [9.17, 15) is 4.79 Å². The summed E-state index contributed by atoms with van der Waals surface area (Å²) in [5, 5.41) is 2.62. The number of rotatable bonds is 4. The first-order valence-corrected chi connectivity index (χ1v) is 4.43. The second-order valence-corrected chi connectivity index (χ2v) is 2.82. The number of benzene rings is 1. The van der Waals surface area contributed by atoms with Crippen LogP contribution in [-0.4, -0.2) is 26.7 Å². The van der Waals surface area contributed by atoms with Crippen molar-refractivity contribution in [2.75, 3.05) is 26.1 Å². The van der Waals surface area contributed by atoms with Gasteiger partial charge < -0.3 is 20.5 Å². The van der Waals surface area contributed by atoms with Gasteiger partial charge in [-0.1, -0.05) is 0 Å². The number of halogens is 1. The molecule has 1 aromatic rings. The molecule has 0 saturated carbocycles. The topological polar surface area (TPSA) is 73.6 Å². The fraction of sp³-hybridized carbons (Fsp3) is 0.300. The molecule has 0 fully saturated rings. The molecule has 5 nitrogen and oxygen atoms in total. The molecular weight excluding hydrogens is 232 g/mol. The Kier molecular flexibility index (Phi) is 6.29. The van der Waals surface area contributed by atoms with E-state index in [1.54, 1.807) is 25.3 Å². The Bertz CT molecular complexity index is 358. The van der Waals surface area contributed by atoms with Gasteiger partial charge in [0, 0.05) is 6.07 Å². The van der Waals surface area contributed by atoms with Crippen LogP contribution in [0.5, 0.6) is 11.5 Å². The zero-order chi connectivity index (χ0) is 11.3. The highest BCUT2D eigenvalue weighted by atomic mass is 35.5. The van der Waals surface area contributed by atoms with Gasteiger partial charge in [-0.25, -0.2) is 0 Å². The number of amides is 1. The summed E-state index contributed by atoms with van der Waals surface area (Å²) >= 11 is 0. The van der Waals surface area contributed by atoms with E-state index in [1.807, 2.05) is 0 Å². The zero-order valence-corrected chi connectivity index (χ0v) is 9.97. The first-order chi connectivity index (χ1) is 7.21. The molecule has 0 aliphatic rings. The normalized spacial score (nSPS) is 8.94. The minimum absolute atomic E-state index is 0. The summed E-state index contributed by atoms with van der Waals surface area (Å²) in [6.45, 7) is -0.0691. The molecule has 90 valence electrons. The second kappa shape index (κ2) is 6.92. The fourth-order valence-electron chi connectivity index (χ4n) is 1.11. The molecule has 1 aromatic carbocycles. The number of methoxy groups -OCH3 is 2. The Morgan fingerprint density at radius 1 is 1.38 bits per heavy atom. The van der Waals surface area contributed by atoms with Crippen LogP contribution in [0.1, 0.15) is 0 Å². The van der Waals surface area contributed by atoms with Gasteiger partial charge in [0.15, 0.2) is 0 Å². The Morgan fingerprint density at radius 2 is 2.06 bits per heavy atom. The molecule has 0 spiro atoms. The van der Waals surface area contributed by atoms with Crippen molar-refractivity contribution in [1.29, 1.82) is 0 Å². The number of nitrogens with two attached hydrogens (primary N) is 1. The lowest BCUT2D eigenvalue weighted by molar-refractivity contribution is -0.114. The molecule has 0 aromatic heterocycles. The van der Waals surface area contributed by atoms with Gasteiger partial charge >= 0.3 is 0 Å². The van der Waals surface area contributed by atoms with Gasteiger partial charge in [0.2, 0.25) is 5.91 Å². The smallest absolute Gasteiger partial charge is 0.238 e. The fourth-order valence-corrected chi connectivity index (χ4v) is 1.11. The molecule has 1 amide bonds. The number of ether oxygens (including phenoxy) is 2. The predicted molar refractivity (Wildman–Crippen MR) is 64.5 cm³/mol. The van der Waals surface area contributed by atoms with Crippen LogP contribution in [0.15, 0.2) is 18.2 Å². The first-order valence-electron chi connectivity index (χ1n) is 4.43. The third-order valence-corrected chi connectivity index (χ3v) is 1.87. The van der Waals surface area contributed by atoms with Gasteiger partial charge in [0.05, 0.1) is 26.5 Å². The quantitative estimate of drug-likeness (QED) is 0.832. The molecule has 0 radical (unpaired) electrons. The van der Waals surface area contributed by atoms with E-state index in [0.717, 1.165) is 0 Å². The molecule has 0 saturated heterocycles. The van der Waals surface area contributed by atoms with Crippen molar-refractivity contribution in [2.45, 2.75) is 0 Å². The Hall–Kier alpha value is -1.46. The van der Waals surface area contributed by atoms with Crippen molar-refractivity contribution < 1.29 is 14.3 Å². The Labute approximate surface area is 100 Å². The van der Waals surface area contributed by atoms with E-state index >= 15 is 0 Å². The maximum absolute atomic E-state index is 11.1. The number of anilines is 1. The summed E-state index contributed by atoms with van der Waals surface area (Å²) in [4.78, 5) is 11.1. The molecule has 6 heteroatoms. The summed E-state index contributed by atoms with van der Waals surface area (Å²) < 4.78 is 10.1. The molecular formula is C10H15ClN2O3. The zero-order valence-electron chi connectivity index (χ0n) is 9.15. The Morgan fingerprint density at radius 3 is 2.56 bits per heavy atom. The first kappa shape index (κ1) is 14.5. The summed E-state index contributed by atoms with van der Waals surface area (Å²) in [5.41, 5.74) is 5.75. The summed E-state index contributed by atoms with van der Waals surface area (Å²) in [6.07, 6.45) is 0. The van der Waals surface area contributed by atoms with Gasteiger partial charge in [0.1, 0.15) is 11.5 Å². The largest absolute Gasteiger partial charge is 0.497 e. The molecule has 0 atom stereocenters. The van der Waals surface area contributed by atoms with Crippen molar-refractivity contribution in [2.24, 2.45) is 5.73 Å². The van der Waals surface area contributed by atoms with Gasteiger partial charge in [-0.2, -0.15) is 0 Å². The third-order valence-electron chi connectivity index (χ3n) is 1.87. The summed E-state index contributed by atoms with van der Waals surface area (Å²) in [7, 11) is 3.08. The van der Waals surface area contributed by atoms with Crippen molar-refractivity contribution in [1.82, 2.24) is 0 Å². The van der Waals surface area contributed by atoms with Gasteiger partial charge in [-0.05, 0) is 12.1 Å². The van der Waals surface area contributed by atoms with Crippen molar-refractivity contribution in [3.63, 3.8) is 0 Å². The highest BCUT2D eigenvalue weighted by Gasteiger charge is 2.07. The van der Waals surface area contributed by atoms with E-state index in [2.05, 4.69) is 5.32 Å². The standard InChI is InChI=1S/C10H14N2O3.ClH/c1-14-7-3-4-9(15-2)8(5-7)12-10(13)6-11;/h3-5H,6,11H2,1-2H3,(H,12,13);1H. The van der Waals surface area contributed by atoms with Crippen LogP contribution in [-0.2, 0) is 4.79 Å². The van der Waals surface area contributed by atoms with Crippen molar-refractivity contribution in [3.05, 3.63) is 18.2 Å². The van der Waals surface area contributed by atoms with Crippen molar-refractivity contribution >= 4 is 24.0 Å². The lowest BCUT2D eigenvalue weighted by Crippen LogP contribution is -2.22. The lowest BCUT2D eigenvalue weighted by Gasteiger charge is -2.10. The predicted octanol–water partition coefficient (Wildman–Crippen LogP) is 1.02. The molecule has 1 rings (SSSR count). The van der Waals surface area contributed by atoms with Gasteiger partial charge in [-0.15, -0.1) is 12.4 Å². The third kappa shape index (κ3) is 3.60. The van der Waals surface area contributed by atoms with E-state index in [-0.39, 0.29) is 24.9 Å². The number of hydrogen-bond donors (Lipinski definition) is 2. The summed E-state index contributed by atoms with van der Waals surface area (Å²) in [5.74, 6) is 0.933. The average Bonchev–Trinajstić information content (AvgIpc) is 2.28. The van der Waals surface area contributed by atoms with E-state index < -0.39 is 0 Å². The van der Waals surface area contributed by atoms with E-state index in [1.165, 1.54) is 7.11 Å². The van der Waals surface area contributed by atoms with Crippen molar-refractivity contribution in [3.8, 4) is 11.5 Å². The van der Waals surface area contributed by atoms with Crippen LogP contribution in [0.4, 0.5) is 5.69 Å². The molecule has 0 aliphatic carbocycles. The molecule has 0 bridgehead atoms. The van der Waals surface area contributed by atoms with Gasteiger partial charge in [-0.3, -0.25) is 4.79 Å². The van der Waals surface area contributed by atoms with Crippen LogP contribution in [0, 0.1) is 0 Å². The van der Waals surface area contributed by atoms with Gasteiger partial charge in [0.25, 0.3) is 0 Å². The highest BCUT2D eigenvalue weighted by molar-refractivity contribution is 5.93. The number of carbonyl (C=O) groups is 1. The maximum Gasteiger partial charge on any atom is 0.238 e. The number of carbonyl (C=O) groups excluding carboxylic acids is 1. The minimum Gasteiger partial charge on any atom is -0.497 e. The molecule has 0 unspecified atom stereocenters. The molecule has 3 N–H and O–H groups in total. The molecule has 0 aliphatic heterocycles. The van der Waals surface area contributed by atoms with E-state index in [0.29, 0.717) is 17.2 Å². The molecule has 0 heterocycles.